The number of nitrogens with zero attached hydrogens (tertiary/aromatic N) is 2. The maximum Gasteiger partial charge on any atom is 0.160 e. The van der Waals surface area contributed by atoms with Crippen LogP contribution in [0.25, 0.3) is 11.4 Å². The van der Waals surface area contributed by atoms with Gasteiger partial charge in [0.05, 0.1) is 11.6 Å². The highest BCUT2D eigenvalue weighted by molar-refractivity contribution is 6.36. The van der Waals surface area contributed by atoms with E-state index < -0.39 is 0 Å². The normalized spacial score (nSPS) is 10.2. The molecular formula is C14H10Cl2N2O. The molecule has 0 aliphatic heterocycles. The van der Waals surface area contributed by atoms with Crippen molar-refractivity contribution in [1.82, 2.24) is 9.97 Å². The van der Waals surface area contributed by atoms with Crippen LogP contribution in [-0.2, 0) is 11.3 Å². The standard InChI is InChI=1S/C14H10Cl2N2O/c1-2-6-19-9-10-7-11(13(16)8-12(10)15)14-17-4-3-5-18-14/h1,3-5,7-8H,6,9H2. The molecule has 1 aromatic heterocycles. The zero-order valence-corrected chi connectivity index (χ0v) is 11.4. The van der Waals surface area contributed by atoms with Crippen molar-refractivity contribution in [2.75, 3.05) is 6.61 Å². The molecule has 0 atom stereocenters. The molecule has 0 radical (unpaired) electrons. The van der Waals surface area contributed by atoms with Crippen LogP contribution in [0.4, 0.5) is 0 Å². The molecule has 0 saturated heterocycles. The van der Waals surface area contributed by atoms with Gasteiger partial charge >= 0.3 is 0 Å². The summed E-state index contributed by atoms with van der Waals surface area (Å²) in [6, 6.07) is 5.21. The Bertz CT molecular complexity index is 609. The van der Waals surface area contributed by atoms with Gasteiger partial charge < -0.3 is 4.74 Å². The molecule has 96 valence electrons. The smallest absolute Gasteiger partial charge is 0.160 e. The maximum absolute atomic E-state index is 6.16. The summed E-state index contributed by atoms with van der Waals surface area (Å²) in [6.07, 6.45) is 8.44. The minimum absolute atomic E-state index is 0.232. The van der Waals surface area contributed by atoms with Gasteiger partial charge in [-0.1, -0.05) is 29.1 Å². The van der Waals surface area contributed by atoms with E-state index in [-0.39, 0.29) is 6.61 Å². The molecule has 0 bridgehead atoms. The summed E-state index contributed by atoms with van der Waals surface area (Å²) in [7, 11) is 0. The van der Waals surface area contributed by atoms with Gasteiger partial charge in [0, 0.05) is 23.0 Å². The third kappa shape index (κ3) is 3.45. The average molecular weight is 293 g/mol. The number of aromatic nitrogens is 2. The number of hydrogen-bond acceptors (Lipinski definition) is 3. The van der Waals surface area contributed by atoms with Crippen molar-refractivity contribution in [3.8, 4) is 23.7 Å². The van der Waals surface area contributed by atoms with E-state index in [0.717, 1.165) is 5.56 Å². The van der Waals surface area contributed by atoms with E-state index in [1.54, 1.807) is 24.5 Å². The largest absolute Gasteiger partial charge is 0.364 e. The lowest BCUT2D eigenvalue weighted by atomic mass is 10.1. The molecule has 19 heavy (non-hydrogen) atoms. The summed E-state index contributed by atoms with van der Waals surface area (Å²) < 4.78 is 5.28. The first-order valence-electron chi connectivity index (χ1n) is 5.49. The molecular weight excluding hydrogens is 283 g/mol. The van der Waals surface area contributed by atoms with Gasteiger partial charge in [-0.25, -0.2) is 9.97 Å². The number of ether oxygens (including phenoxy) is 1. The van der Waals surface area contributed by atoms with Gasteiger partial charge in [0.25, 0.3) is 0 Å². The van der Waals surface area contributed by atoms with Crippen LogP contribution in [0.3, 0.4) is 0 Å². The van der Waals surface area contributed by atoms with Gasteiger partial charge in [0.15, 0.2) is 5.82 Å². The number of terminal acetylenes is 1. The van der Waals surface area contributed by atoms with Crippen LogP contribution in [0, 0.1) is 12.3 Å². The fraction of sp³-hybridized carbons (Fsp3) is 0.143. The Labute approximate surface area is 121 Å². The van der Waals surface area contributed by atoms with Gasteiger partial charge in [-0.3, -0.25) is 0 Å². The Balaban J connectivity index is 2.35. The SMILES string of the molecule is C#CCOCc1cc(-c2ncccn2)c(Cl)cc1Cl. The minimum atomic E-state index is 0.232. The van der Waals surface area contributed by atoms with Crippen LogP contribution in [0.2, 0.25) is 10.0 Å². The summed E-state index contributed by atoms with van der Waals surface area (Å²) in [5.74, 6) is 2.94. The Morgan fingerprint density at radius 2 is 1.89 bits per heavy atom. The lowest BCUT2D eigenvalue weighted by molar-refractivity contribution is 0.153. The summed E-state index contributed by atoms with van der Waals surface area (Å²) in [6.45, 7) is 0.552. The van der Waals surface area contributed by atoms with E-state index in [0.29, 0.717) is 28.0 Å². The molecule has 0 aliphatic rings. The molecule has 1 aromatic carbocycles. The predicted molar refractivity (Wildman–Crippen MR) is 76.0 cm³/mol. The van der Waals surface area contributed by atoms with Crippen molar-refractivity contribution in [2.45, 2.75) is 6.61 Å². The van der Waals surface area contributed by atoms with Crippen LogP contribution in [0.15, 0.2) is 30.6 Å². The fourth-order valence-electron chi connectivity index (χ4n) is 1.53. The Hall–Kier alpha value is -1.60. The first-order chi connectivity index (χ1) is 9.22. The second kappa shape index (κ2) is 6.53. The Morgan fingerprint density at radius 3 is 2.58 bits per heavy atom. The van der Waals surface area contributed by atoms with Crippen molar-refractivity contribution in [1.29, 1.82) is 0 Å². The molecule has 0 unspecified atom stereocenters. The van der Waals surface area contributed by atoms with Crippen molar-refractivity contribution in [2.24, 2.45) is 0 Å². The third-order valence-electron chi connectivity index (χ3n) is 2.39. The van der Waals surface area contributed by atoms with Crippen molar-refractivity contribution < 1.29 is 4.74 Å². The van der Waals surface area contributed by atoms with Gasteiger partial charge in [0.1, 0.15) is 6.61 Å². The van der Waals surface area contributed by atoms with E-state index in [2.05, 4.69) is 15.9 Å². The summed E-state index contributed by atoms with van der Waals surface area (Å²) in [4.78, 5) is 8.33. The Morgan fingerprint density at radius 1 is 1.16 bits per heavy atom. The zero-order chi connectivity index (χ0) is 13.7. The van der Waals surface area contributed by atoms with E-state index in [9.17, 15) is 0 Å². The fourth-order valence-corrected chi connectivity index (χ4v) is 2.06. The van der Waals surface area contributed by atoms with Crippen LogP contribution in [-0.4, -0.2) is 16.6 Å². The molecule has 0 amide bonds. The molecule has 1 heterocycles. The highest BCUT2D eigenvalue weighted by Gasteiger charge is 2.11. The molecule has 5 heteroatoms. The highest BCUT2D eigenvalue weighted by atomic mass is 35.5. The molecule has 2 rings (SSSR count). The molecule has 0 aliphatic carbocycles. The Kier molecular flexibility index (Phi) is 4.75. The average Bonchev–Trinajstić information content (AvgIpc) is 2.42. The third-order valence-corrected chi connectivity index (χ3v) is 3.05. The van der Waals surface area contributed by atoms with E-state index in [1.807, 2.05) is 6.07 Å². The van der Waals surface area contributed by atoms with Gasteiger partial charge in [-0.05, 0) is 23.8 Å². The highest BCUT2D eigenvalue weighted by Crippen LogP contribution is 2.31. The van der Waals surface area contributed by atoms with Crippen LogP contribution in [0.1, 0.15) is 5.56 Å². The molecule has 0 fully saturated rings. The van der Waals surface area contributed by atoms with Crippen molar-refractivity contribution in [3.63, 3.8) is 0 Å². The number of hydrogen-bond donors (Lipinski definition) is 0. The number of halogens is 2. The molecule has 3 nitrogen and oxygen atoms in total. The maximum atomic E-state index is 6.16. The van der Waals surface area contributed by atoms with E-state index >= 15 is 0 Å². The summed E-state index contributed by atoms with van der Waals surface area (Å²) >= 11 is 12.3. The topological polar surface area (TPSA) is 35.0 Å². The lowest BCUT2D eigenvalue weighted by Gasteiger charge is -2.09. The minimum Gasteiger partial charge on any atom is -0.364 e. The predicted octanol–water partition coefficient (Wildman–Crippen LogP) is 3.60. The lowest BCUT2D eigenvalue weighted by Crippen LogP contribution is -1.96. The zero-order valence-electron chi connectivity index (χ0n) is 9.94. The van der Waals surface area contributed by atoms with Crippen LogP contribution >= 0.6 is 23.2 Å². The number of benzene rings is 1. The van der Waals surface area contributed by atoms with Crippen LogP contribution in [0.5, 0.6) is 0 Å². The second-order valence-corrected chi connectivity index (χ2v) is 4.51. The first-order valence-corrected chi connectivity index (χ1v) is 6.24. The second-order valence-electron chi connectivity index (χ2n) is 3.69. The van der Waals surface area contributed by atoms with E-state index in [1.165, 1.54) is 0 Å². The monoisotopic (exact) mass is 292 g/mol. The summed E-state index contributed by atoms with van der Waals surface area (Å²) in [5, 5.41) is 1.03. The van der Waals surface area contributed by atoms with Gasteiger partial charge in [-0.15, -0.1) is 6.42 Å². The molecule has 0 spiro atoms. The van der Waals surface area contributed by atoms with E-state index in [4.69, 9.17) is 34.4 Å². The van der Waals surface area contributed by atoms with Gasteiger partial charge in [-0.2, -0.15) is 0 Å². The molecule has 2 aromatic rings. The van der Waals surface area contributed by atoms with Crippen LogP contribution < -0.4 is 0 Å². The van der Waals surface area contributed by atoms with Crippen molar-refractivity contribution >= 4 is 23.2 Å². The number of rotatable bonds is 4. The van der Waals surface area contributed by atoms with Crippen molar-refractivity contribution in [3.05, 3.63) is 46.2 Å². The summed E-state index contributed by atoms with van der Waals surface area (Å²) in [5.41, 5.74) is 1.51. The molecule has 0 N–H and O–H groups in total. The first kappa shape index (κ1) is 13.8. The quantitative estimate of drug-likeness (QED) is 0.638. The molecule has 0 saturated carbocycles. The van der Waals surface area contributed by atoms with Gasteiger partial charge in [0.2, 0.25) is 0 Å².